The fraction of sp³-hybridized carbons (Fsp3) is 0.214. The third-order valence-corrected chi connectivity index (χ3v) is 7.07. The zero-order chi connectivity index (χ0) is 34.7. The van der Waals surface area contributed by atoms with E-state index >= 15 is 0 Å². The maximum atomic E-state index is 13.2. The molecule has 244 valence electrons. The molecule has 2 aromatic carbocycles. The molecule has 0 aliphatic carbocycles. The van der Waals surface area contributed by atoms with Crippen molar-refractivity contribution in [3.8, 4) is 11.4 Å². The number of aromatic carboxylic acids is 2. The Labute approximate surface area is 267 Å². The highest BCUT2D eigenvalue weighted by atomic mass is 79.9. The van der Waals surface area contributed by atoms with Crippen LogP contribution in [0, 0.1) is 0 Å². The summed E-state index contributed by atoms with van der Waals surface area (Å²) in [4.78, 5) is 45.8. The Morgan fingerprint density at radius 2 is 1.26 bits per heavy atom. The Balaban J connectivity index is 0.000000250. The van der Waals surface area contributed by atoms with Crippen LogP contribution in [0.1, 0.15) is 57.1 Å². The van der Waals surface area contributed by atoms with Crippen LogP contribution in [-0.4, -0.2) is 41.7 Å². The van der Waals surface area contributed by atoms with Gasteiger partial charge in [0.15, 0.2) is 0 Å². The van der Waals surface area contributed by atoms with Gasteiger partial charge in [-0.05, 0) is 49.2 Å². The minimum absolute atomic E-state index is 0.0259. The number of carbonyl (C=O) groups is 2. The first-order chi connectivity index (χ1) is 21.3. The lowest BCUT2D eigenvalue weighted by Crippen LogP contribution is -2.25. The first-order valence-corrected chi connectivity index (χ1v) is 13.9. The molecule has 0 radical (unpaired) electrons. The molecule has 4 rings (SSSR count). The average Bonchev–Trinajstić information content (AvgIpc) is 2.96. The molecule has 0 atom stereocenters. The standard InChI is InChI=1S/C14H10BrF3N2O3.C14H10ClF3N2O3/c1-2-9-12(13(22)23)11(21)6-19-20(9)10-4-3-7(15)5-8(10)14(16,17)18;1-2-9-12(13(22)23)11(21)6-19-20(9)10-5-7(14(16,17)18)3-4-8(10)15/h2*3-6H,2H2,1H3,(H,22,23). The van der Waals surface area contributed by atoms with Gasteiger partial charge in [-0.3, -0.25) is 9.59 Å². The number of carboxylic acids is 2. The first-order valence-electron chi connectivity index (χ1n) is 12.8. The molecule has 0 spiro atoms. The summed E-state index contributed by atoms with van der Waals surface area (Å²) in [5.74, 6) is -2.99. The Kier molecular flexibility index (Phi) is 10.8. The highest BCUT2D eigenvalue weighted by molar-refractivity contribution is 9.10. The molecule has 0 bridgehead atoms. The topological polar surface area (TPSA) is 144 Å². The minimum atomic E-state index is -4.67. The molecule has 0 saturated heterocycles. The van der Waals surface area contributed by atoms with E-state index in [2.05, 4.69) is 26.1 Å². The lowest BCUT2D eigenvalue weighted by Gasteiger charge is -2.18. The molecule has 0 aliphatic heterocycles. The van der Waals surface area contributed by atoms with Crippen molar-refractivity contribution in [2.75, 3.05) is 0 Å². The van der Waals surface area contributed by atoms with Crippen molar-refractivity contribution in [3.63, 3.8) is 0 Å². The molecule has 2 N–H and O–H groups in total. The number of hydrogen-bond acceptors (Lipinski definition) is 6. The molecule has 46 heavy (non-hydrogen) atoms. The summed E-state index contributed by atoms with van der Waals surface area (Å²) < 4.78 is 80.3. The van der Waals surface area contributed by atoms with Gasteiger partial charge in [0.05, 0.1) is 51.3 Å². The lowest BCUT2D eigenvalue weighted by molar-refractivity contribution is -0.138. The van der Waals surface area contributed by atoms with Crippen LogP contribution >= 0.6 is 27.5 Å². The Morgan fingerprint density at radius 3 is 1.67 bits per heavy atom. The van der Waals surface area contributed by atoms with Gasteiger partial charge < -0.3 is 10.2 Å². The molecule has 10 nitrogen and oxygen atoms in total. The largest absolute Gasteiger partial charge is 0.477 e. The summed E-state index contributed by atoms with van der Waals surface area (Å²) in [6.07, 6.45) is -7.74. The second kappa shape index (κ2) is 13.9. The van der Waals surface area contributed by atoms with Gasteiger partial charge in [0.1, 0.15) is 11.1 Å². The summed E-state index contributed by atoms with van der Waals surface area (Å²) in [5, 5.41) is 25.7. The van der Waals surface area contributed by atoms with Crippen LogP contribution in [0.2, 0.25) is 5.02 Å². The SMILES string of the molecule is CCc1c(C(=O)O)c(=O)cnn1-c1cc(C(F)(F)F)ccc1Cl.CCc1c(C(=O)O)c(=O)cnn1-c1ccc(Br)cc1C(F)(F)F. The van der Waals surface area contributed by atoms with Crippen molar-refractivity contribution in [1.29, 1.82) is 0 Å². The minimum Gasteiger partial charge on any atom is -0.477 e. The van der Waals surface area contributed by atoms with E-state index < -0.39 is 57.4 Å². The number of nitrogens with zero attached hydrogens (tertiary/aromatic N) is 4. The fourth-order valence-electron chi connectivity index (χ4n) is 4.28. The van der Waals surface area contributed by atoms with Crippen LogP contribution in [-0.2, 0) is 25.2 Å². The van der Waals surface area contributed by atoms with Gasteiger partial charge in [0, 0.05) is 4.47 Å². The number of carboxylic acid groups (broad SMARTS) is 2. The molecule has 2 aromatic heterocycles. The summed E-state index contributed by atoms with van der Waals surface area (Å²) in [5.41, 5.74) is -5.39. The van der Waals surface area contributed by atoms with E-state index in [1.807, 2.05) is 0 Å². The van der Waals surface area contributed by atoms with Gasteiger partial charge in [0.2, 0.25) is 10.9 Å². The Hall–Kier alpha value is -4.51. The highest BCUT2D eigenvalue weighted by Gasteiger charge is 2.35. The fourth-order valence-corrected chi connectivity index (χ4v) is 4.84. The number of halogens is 8. The van der Waals surface area contributed by atoms with Crippen molar-refractivity contribution in [1.82, 2.24) is 19.6 Å². The molecule has 0 amide bonds. The van der Waals surface area contributed by atoms with Crippen molar-refractivity contribution in [2.45, 2.75) is 39.0 Å². The van der Waals surface area contributed by atoms with Gasteiger partial charge in [-0.2, -0.15) is 36.5 Å². The van der Waals surface area contributed by atoms with Gasteiger partial charge in [-0.15, -0.1) is 0 Å². The molecule has 4 aromatic rings. The summed E-state index contributed by atoms with van der Waals surface area (Å²) in [6.45, 7) is 3.09. The lowest BCUT2D eigenvalue weighted by atomic mass is 10.1. The summed E-state index contributed by atoms with van der Waals surface area (Å²) >= 11 is 8.90. The van der Waals surface area contributed by atoms with Crippen LogP contribution in [0.5, 0.6) is 0 Å². The van der Waals surface area contributed by atoms with Crippen LogP contribution in [0.25, 0.3) is 11.4 Å². The number of benzene rings is 2. The second-order valence-electron chi connectivity index (χ2n) is 9.13. The van der Waals surface area contributed by atoms with E-state index in [0.29, 0.717) is 6.20 Å². The molecule has 18 heteroatoms. The Bertz CT molecular complexity index is 1940. The maximum Gasteiger partial charge on any atom is 0.418 e. The zero-order valence-electron chi connectivity index (χ0n) is 23.4. The van der Waals surface area contributed by atoms with Crippen molar-refractivity contribution in [2.24, 2.45) is 0 Å². The number of aromatic nitrogens is 4. The predicted molar refractivity (Wildman–Crippen MR) is 155 cm³/mol. The first kappa shape index (κ1) is 36.0. The smallest absolute Gasteiger partial charge is 0.418 e. The number of alkyl halides is 6. The normalized spacial score (nSPS) is 11.5. The van der Waals surface area contributed by atoms with E-state index in [1.165, 1.54) is 13.0 Å². The van der Waals surface area contributed by atoms with Crippen molar-refractivity contribution >= 4 is 39.5 Å². The third-order valence-electron chi connectivity index (χ3n) is 6.25. The maximum absolute atomic E-state index is 13.2. The van der Waals surface area contributed by atoms with Crippen LogP contribution in [0.4, 0.5) is 26.3 Å². The van der Waals surface area contributed by atoms with Gasteiger partial charge in [-0.25, -0.2) is 19.0 Å². The number of hydrogen-bond donors (Lipinski definition) is 2. The Morgan fingerprint density at radius 1 is 0.783 bits per heavy atom. The van der Waals surface area contributed by atoms with Crippen LogP contribution in [0.15, 0.2) is 62.9 Å². The average molecular weight is 738 g/mol. The van der Waals surface area contributed by atoms with Gasteiger partial charge in [-0.1, -0.05) is 41.4 Å². The summed E-state index contributed by atoms with van der Waals surface area (Å²) in [7, 11) is 0. The van der Waals surface area contributed by atoms with E-state index in [9.17, 15) is 45.5 Å². The molecular formula is C28H20BrClF6N4O6. The molecular weight excluding hydrogens is 718 g/mol. The number of rotatable bonds is 6. The van der Waals surface area contributed by atoms with E-state index in [1.54, 1.807) is 6.92 Å². The van der Waals surface area contributed by atoms with Gasteiger partial charge in [0.25, 0.3) is 0 Å². The molecule has 0 unspecified atom stereocenters. The predicted octanol–water partition coefficient (Wildman–Crippen LogP) is 6.44. The molecule has 0 aliphatic rings. The van der Waals surface area contributed by atoms with E-state index in [0.717, 1.165) is 45.9 Å². The third kappa shape index (κ3) is 7.64. The van der Waals surface area contributed by atoms with E-state index in [-0.39, 0.29) is 45.1 Å². The monoisotopic (exact) mass is 736 g/mol. The highest BCUT2D eigenvalue weighted by Crippen LogP contribution is 2.36. The van der Waals surface area contributed by atoms with E-state index in [4.69, 9.17) is 21.8 Å². The van der Waals surface area contributed by atoms with Crippen LogP contribution < -0.4 is 10.9 Å². The zero-order valence-corrected chi connectivity index (χ0v) is 25.7. The van der Waals surface area contributed by atoms with Crippen LogP contribution in [0.3, 0.4) is 0 Å². The van der Waals surface area contributed by atoms with Gasteiger partial charge >= 0.3 is 24.3 Å². The van der Waals surface area contributed by atoms with Crippen molar-refractivity contribution in [3.05, 3.63) is 112 Å². The molecule has 0 saturated carbocycles. The quantitative estimate of drug-likeness (QED) is 0.215. The molecule has 0 fully saturated rings. The molecule has 2 heterocycles. The van der Waals surface area contributed by atoms with Crippen molar-refractivity contribution < 1.29 is 46.1 Å². The second-order valence-corrected chi connectivity index (χ2v) is 10.4. The summed E-state index contributed by atoms with van der Waals surface area (Å²) in [6, 6.07) is 6.01.